The van der Waals surface area contributed by atoms with Crippen molar-refractivity contribution in [2.45, 2.75) is 43.6 Å². The predicted octanol–water partition coefficient (Wildman–Crippen LogP) is 3.51. The van der Waals surface area contributed by atoms with Crippen molar-refractivity contribution in [3.8, 4) is 11.8 Å². The molecule has 8 heteroatoms. The first-order valence-electron chi connectivity index (χ1n) is 10.7. The van der Waals surface area contributed by atoms with Crippen LogP contribution in [0.5, 0.6) is 0 Å². The van der Waals surface area contributed by atoms with Crippen LogP contribution in [0.4, 0.5) is 5.69 Å². The van der Waals surface area contributed by atoms with Gasteiger partial charge in [-0.1, -0.05) is 37.8 Å². The highest BCUT2D eigenvalue weighted by atomic mass is 32.2. The smallest absolute Gasteiger partial charge is 0.252 e. The van der Waals surface area contributed by atoms with E-state index >= 15 is 0 Å². The quantitative estimate of drug-likeness (QED) is 0.646. The van der Waals surface area contributed by atoms with E-state index in [1.54, 1.807) is 42.8 Å². The Bertz CT molecular complexity index is 1070. The maximum Gasteiger partial charge on any atom is 0.252 e. The fraction of sp³-hybridized carbons (Fsp3) is 0.500. The molecule has 1 fully saturated rings. The van der Waals surface area contributed by atoms with Crippen molar-refractivity contribution in [3.05, 3.63) is 46.8 Å². The number of sulfonamides is 1. The van der Waals surface area contributed by atoms with E-state index in [1.165, 1.54) is 11.3 Å². The van der Waals surface area contributed by atoms with Crippen LogP contribution in [-0.4, -0.2) is 57.2 Å². The molecule has 6 nitrogen and oxygen atoms in total. The Kier molecular flexibility index (Phi) is 7.69. The number of rotatable bonds is 6. The summed E-state index contributed by atoms with van der Waals surface area (Å²) in [5, 5.41) is 12.3. The first-order valence-corrected chi connectivity index (χ1v) is 13.1. The van der Waals surface area contributed by atoms with E-state index in [2.05, 4.69) is 30.6 Å². The SMILES string of the molecule is CO[C@@H](C#Cc1cc(C(C)(C)O)ccc1N1CCN(S(=O)(=O)c2cccs2)CC1)C(C)C. The molecule has 0 bridgehead atoms. The van der Waals surface area contributed by atoms with E-state index in [4.69, 9.17) is 4.74 Å². The summed E-state index contributed by atoms with van der Waals surface area (Å²) in [5.74, 6) is 6.72. The number of benzene rings is 1. The van der Waals surface area contributed by atoms with Crippen LogP contribution in [0.25, 0.3) is 0 Å². The van der Waals surface area contributed by atoms with E-state index in [9.17, 15) is 13.5 Å². The van der Waals surface area contributed by atoms with Crippen LogP contribution in [0.3, 0.4) is 0 Å². The zero-order valence-corrected chi connectivity index (χ0v) is 21.0. The normalized spacial score (nSPS) is 16.7. The molecule has 0 spiro atoms. The van der Waals surface area contributed by atoms with Gasteiger partial charge in [0.05, 0.1) is 11.3 Å². The summed E-state index contributed by atoms with van der Waals surface area (Å²) >= 11 is 1.24. The van der Waals surface area contributed by atoms with Gasteiger partial charge in [0.1, 0.15) is 10.3 Å². The third-order valence-corrected chi connectivity index (χ3v) is 8.85. The molecule has 0 radical (unpaired) electrons. The van der Waals surface area contributed by atoms with Crippen LogP contribution in [-0.2, 0) is 20.4 Å². The maximum absolute atomic E-state index is 12.8. The number of thiophene rings is 1. The molecule has 2 aromatic rings. The Morgan fingerprint density at radius 1 is 1.16 bits per heavy atom. The molecule has 3 rings (SSSR count). The summed E-state index contributed by atoms with van der Waals surface area (Å²) in [6.07, 6.45) is -0.193. The fourth-order valence-corrected chi connectivity index (χ4v) is 6.21. The highest BCUT2D eigenvalue weighted by molar-refractivity contribution is 7.91. The van der Waals surface area contributed by atoms with Crippen LogP contribution in [0.2, 0.25) is 0 Å². The van der Waals surface area contributed by atoms with Crippen LogP contribution in [0.15, 0.2) is 39.9 Å². The predicted molar refractivity (Wildman–Crippen MR) is 129 cm³/mol. The third-order valence-electron chi connectivity index (χ3n) is 5.58. The number of nitrogens with zero attached hydrogens (tertiary/aromatic N) is 2. The summed E-state index contributed by atoms with van der Waals surface area (Å²) in [6, 6.07) is 9.21. The monoisotopic (exact) mass is 476 g/mol. The lowest BCUT2D eigenvalue weighted by Crippen LogP contribution is -2.48. The Morgan fingerprint density at radius 3 is 2.38 bits per heavy atom. The molecule has 1 atom stereocenters. The Balaban J connectivity index is 1.87. The molecule has 0 saturated carbocycles. The molecule has 0 unspecified atom stereocenters. The van der Waals surface area contributed by atoms with Gasteiger partial charge < -0.3 is 14.7 Å². The minimum atomic E-state index is -3.45. The second-order valence-corrected chi connectivity index (χ2v) is 11.9. The molecular formula is C24H32N2O4S2. The van der Waals surface area contributed by atoms with Gasteiger partial charge in [0, 0.05) is 38.9 Å². The van der Waals surface area contributed by atoms with E-state index in [0.717, 1.165) is 16.8 Å². The number of hydrogen-bond donors (Lipinski definition) is 1. The van der Waals surface area contributed by atoms with E-state index in [0.29, 0.717) is 30.4 Å². The van der Waals surface area contributed by atoms with E-state index in [-0.39, 0.29) is 12.0 Å². The fourth-order valence-electron chi connectivity index (χ4n) is 3.65. The van der Waals surface area contributed by atoms with Crippen molar-refractivity contribution in [1.29, 1.82) is 0 Å². The largest absolute Gasteiger partial charge is 0.386 e. The van der Waals surface area contributed by atoms with Gasteiger partial charge in [-0.25, -0.2) is 8.42 Å². The molecule has 1 aliphatic rings. The standard InChI is InChI=1S/C24H32N2O4S2/c1-18(2)22(30-5)11-8-19-17-20(24(3,4)27)9-10-21(19)25-12-14-26(15-13-25)32(28,29)23-7-6-16-31-23/h6-7,9-10,16-18,22,27H,12-15H2,1-5H3/t22-/m0/s1. The van der Waals surface area contributed by atoms with Crippen molar-refractivity contribution in [1.82, 2.24) is 4.31 Å². The third kappa shape index (κ3) is 5.53. The summed E-state index contributed by atoms with van der Waals surface area (Å²) in [6.45, 7) is 9.58. The minimum absolute atomic E-state index is 0.193. The van der Waals surface area contributed by atoms with Crippen LogP contribution >= 0.6 is 11.3 Å². The zero-order chi connectivity index (χ0) is 23.5. The summed E-state index contributed by atoms with van der Waals surface area (Å²) in [4.78, 5) is 2.16. The highest BCUT2D eigenvalue weighted by Gasteiger charge is 2.30. The number of piperazine rings is 1. The number of aliphatic hydroxyl groups is 1. The number of hydrogen-bond acceptors (Lipinski definition) is 6. The minimum Gasteiger partial charge on any atom is -0.386 e. The summed E-state index contributed by atoms with van der Waals surface area (Å²) in [7, 11) is -1.79. The molecule has 0 aliphatic carbocycles. The molecule has 1 aromatic carbocycles. The van der Waals surface area contributed by atoms with Gasteiger partial charge in [0.25, 0.3) is 10.0 Å². The Morgan fingerprint density at radius 2 is 1.84 bits per heavy atom. The lowest BCUT2D eigenvalue weighted by Gasteiger charge is -2.36. The average Bonchev–Trinajstić information content (AvgIpc) is 3.29. The second kappa shape index (κ2) is 9.94. The maximum atomic E-state index is 12.8. The molecule has 0 amide bonds. The molecule has 1 saturated heterocycles. The first-order chi connectivity index (χ1) is 15.0. The molecular weight excluding hydrogens is 444 g/mol. The van der Waals surface area contributed by atoms with Crippen molar-refractivity contribution in [2.75, 3.05) is 38.2 Å². The lowest BCUT2D eigenvalue weighted by atomic mass is 9.95. The first kappa shape index (κ1) is 24.7. The molecule has 1 N–H and O–H groups in total. The van der Waals surface area contributed by atoms with Crippen LogP contribution in [0, 0.1) is 17.8 Å². The summed E-state index contributed by atoms with van der Waals surface area (Å²) in [5.41, 5.74) is 1.54. The zero-order valence-electron chi connectivity index (χ0n) is 19.3. The average molecular weight is 477 g/mol. The second-order valence-electron chi connectivity index (χ2n) is 8.78. The topological polar surface area (TPSA) is 70.1 Å². The Hall–Kier alpha value is -1.89. The van der Waals surface area contributed by atoms with Gasteiger partial charge in [0.2, 0.25) is 0 Å². The van der Waals surface area contributed by atoms with Gasteiger partial charge in [-0.15, -0.1) is 11.3 Å². The number of anilines is 1. The van der Waals surface area contributed by atoms with Gasteiger partial charge in [-0.05, 0) is 48.9 Å². The molecule has 1 aliphatic heterocycles. The summed E-state index contributed by atoms with van der Waals surface area (Å²) < 4.78 is 33.1. The molecule has 32 heavy (non-hydrogen) atoms. The number of methoxy groups -OCH3 is 1. The van der Waals surface area contributed by atoms with E-state index in [1.807, 2.05) is 18.2 Å². The van der Waals surface area contributed by atoms with Gasteiger partial charge in [-0.3, -0.25) is 0 Å². The number of ether oxygens (including phenoxy) is 1. The van der Waals surface area contributed by atoms with Crippen molar-refractivity contribution in [3.63, 3.8) is 0 Å². The Labute approximate surface area is 195 Å². The van der Waals surface area contributed by atoms with Gasteiger partial charge in [0.15, 0.2) is 0 Å². The molecule has 174 valence electrons. The highest BCUT2D eigenvalue weighted by Crippen LogP contribution is 2.29. The van der Waals surface area contributed by atoms with Crippen molar-refractivity contribution >= 4 is 27.0 Å². The van der Waals surface area contributed by atoms with Crippen LogP contribution < -0.4 is 4.90 Å². The molecule has 2 heterocycles. The van der Waals surface area contributed by atoms with Crippen molar-refractivity contribution < 1.29 is 18.3 Å². The van der Waals surface area contributed by atoms with Gasteiger partial charge in [-0.2, -0.15) is 4.31 Å². The van der Waals surface area contributed by atoms with Crippen molar-refractivity contribution in [2.24, 2.45) is 5.92 Å². The molecule has 1 aromatic heterocycles. The van der Waals surface area contributed by atoms with Gasteiger partial charge >= 0.3 is 0 Å². The van der Waals surface area contributed by atoms with E-state index < -0.39 is 15.6 Å². The lowest BCUT2D eigenvalue weighted by molar-refractivity contribution is 0.0786. The van der Waals surface area contributed by atoms with Crippen LogP contribution in [0.1, 0.15) is 38.8 Å².